The molecule has 0 unspecified atom stereocenters. The summed E-state index contributed by atoms with van der Waals surface area (Å²) in [7, 11) is 0. The fourth-order valence-corrected chi connectivity index (χ4v) is 2.09. The van der Waals surface area contributed by atoms with Crippen molar-refractivity contribution in [1.82, 2.24) is 0 Å². The zero-order valence-corrected chi connectivity index (χ0v) is 15.4. The second-order valence-electron chi connectivity index (χ2n) is 4.76. The van der Waals surface area contributed by atoms with Crippen molar-refractivity contribution in [1.29, 1.82) is 0 Å². The van der Waals surface area contributed by atoms with E-state index in [4.69, 9.17) is 0 Å². The molecular weight excluding hydrogens is 428 g/mol. The van der Waals surface area contributed by atoms with Crippen LogP contribution in [0.25, 0.3) is 0 Å². The Kier molecular flexibility index (Phi) is 7.29. The van der Waals surface area contributed by atoms with Gasteiger partial charge in [0.1, 0.15) is 0 Å². The molecular formula is C16H16Br2F4. The zero-order chi connectivity index (χ0) is 15.0. The molecule has 0 N–H and O–H groups in total. The third kappa shape index (κ3) is 3.54. The summed E-state index contributed by atoms with van der Waals surface area (Å²) in [6.07, 6.45) is 0. The number of halogens is 6. The molecule has 0 spiro atoms. The lowest BCUT2D eigenvalue weighted by Crippen LogP contribution is -2.36. The maximum Gasteiger partial charge on any atom is 0.340 e. The van der Waals surface area contributed by atoms with Crippen molar-refractivity contribution in [2.24, 2.45) is 0 Å². The van der Waals surface area contributed by atoms with Gasteiger partial charge in [-0.3, -0.25) is 0 Å². The molecule has 0 saturated heterocycles. The topological polar surface area (TPSA) is 0 Å². The normalized spacial score (nSPS) is 11.4. The van der Waals surface area contributed by atoms with Crippen LogP contribution in [-0.2, 0) is 11.8 Å². The lowest BCUT2D eigenvalue weighted by atomic mass is 9.91. The summed E-state index contributed by atoms with van der Waals surface area (Å²) < 4.78 is 57.0. The molecule has 0 heterocycles. The van der Waals surface area contributed by atoms with Crippen molar-refractivity contribution < 1.29 is 17.6 Å². The molecule has 0 aliphatic heterocycles. The van der Waals surface area contributed by atoms with Gasteiger partial charge in [-0.25, -0.2) is 0 Å². The van der Waals surface area contributed by atoms with Crippen molar-refractivity contribution in [3.05, 3.63) is 70.8 Å². The van der Waals surface area contributed by atoms with Gasteiger partial charge in [0, 0.05) is 11.1 Å². The average molecular weight is 444 g/mol. The molecule has 6 heteroatoms. The maximum absolute atomic E-state index is 14.3. The van der Waals surface area contributed by atoms with E-state index in [1.165, 1.54) is 31.2 Å². The quantitative estimate of drug-likeness (QED) is 0.485. The Bertz CT molecular complexity index is 613. The fourth-order valence-electron chi connectivity index (χ4n) is 2.09. The maximum atomic E-state index is 14.3. The number of aryl methyl sites for hydroxylation is 1. The summed E-state index contributed by atoms with van der Waals surface area (Å²) >= 11 is 0. The molecule has 2 aromatic carbocycles. The first-order valence-electron chi connectivity index (χ1n) is 6.16. The monoisotopic (exact) mass is 442 g/mol. The molecule has 0 saturated carbocycles. The Morgan fingerprint density at radius 2 is 1.23 bits per heavy atom. The summed E-state index contributed by atoms with van der Waals surface area (Å²) in [5.41, 5.74) is -0.573. The van der Waals surface area contributed by atoms with Crippen LogP contribution in [0.5, 0.6) is 0 Å². The second-order valence-corrected chi connectivity index (χ2v) is 4.76. The third-order valence-corrected chi connectivity index (χ3v) is 3.47. The summed E-state index contributed by atoms with van der Waals surface area (Å²) in [5.74, 6) is -8.52. The molecule has 0 fully saturated rings. The Morgan fingerprint density at radius 1 is 0.682 bits per heavy atom. The van der Waals surface area contributed by atoms with E-state index in [-0.39, 0.29) is 39.5 Å². The van der Waals surface area contributed by atoms with Crippen LogP contribution in [0.4, 0.5) is 17.6 Å². The predicted octanol–water partition coefficient (Wildman–Crippen LogP) is 6.34. The van der Waals surface area contributed by atoms with E-state index in [1.54, 1.807) is 13.0 Å². The Morgan fingerprint density at radius 3 is 1.77 bits per heavy atom. The van der Waals surface area contributed by atoms with E-state index in [1.807, 2.05) is 0 Å². The summed E-state index contributed by atoms with van der Waals surface area (Å²) in [6.45, 7) is 3.05. The number of hydrogen-bond acceptors (Lipinski definition) is 0. The molecule has 0 bridgehead atoms. The van der Waals surface area contributed by atoms with Gasteiger partial charge in [0.05, 0.1) is 0 Å². The van der Waals surface area contributed by atoms with Crippen LogP contribution in [-0.4, -0.2) is 0 Å². The lowest BCUT2D eigenvalue weighted by Gasteiger charge is -2.28. The molecule has 22 heavy (non-hydrogen) atoms. The molecule has 2 aromatic rings. The number of hydrogen-bond donors (Lipinski definition) is 0. The standard InChI is InChI=1S/C16H14F4.2BrH/c1-11-7-6-10-14(12(11)2)16(19,20)15(17,18)13-8-4-3-5-9-13;;/h3-10H,1-2H3;2*1H. The molecule has 0 atom stereocenters. The van der Waals surface area contributed by atoms with E-state index in [9.17, 15) is 17.6 Å². The van der Waals surface area contributed by atoms with E-state index < -0.39 is 23.0 Å². The average Bonchev–Trinajstić information content (AvgIpc) is 2.42. The minimum atomic E-state index is -4.26. The highest BCUT2D eigenvalue weighted by Crippen LogP contribution is 2.50. The number of benzene rings is 2. The molecule has 0 aromatic heterocycles. The Labute approximate surface area is 148 Å². The van der Waals surface area contributed by atoms with Crippen molar-refractivity contribution >= 4 is 34.0 Å². The van der Waals surface area contributed by atoms with Gasteiger partial charge in [0.15, 0.2) is 0 Å². The van der Waals surface area contributed by atoms with Crippen molar-refractivity contribution in [3.63, 3.8) is 0 Å². The molecule has 2 rings (SSSR count). The summed E-state index contributed by atoms with van der Waals surface area (Å²) in [6, 6.07) is 10.2. The van der Waals surface area contributed by atoms with Gasteiger partial charge >= 0.3 is 11.8 Å². The molecule has 0 aliphatic rings. The van der Waals surface area contributed by atoms with Gasteiger partial charge in [-0.05, 0) is 25.0 Å². The highest BCUT2D eigenvalue weighted by atomic mass is 79.9. The smallest absolute Gasteiger partial charge is 0.194 e. The van der Waals surface area contributed by atoms with E-state index in [0.29, 0.717) is 5.56 Å². The second kappa shape index (κ2) is 7.59. The first-order chi connectivity index (χ1) is 9.28. The Balaban J connectivity index is 0.00000220. The van der Waals surface area contributed by atoms with Gasteiger partial charge in [0.25, 0.3) is 0 Å². The summed E-state index contributed by atoms with van der Waals surface area (Å²) in [5, 5.41) is 0. The largest absolute Gasteiger partial charge is 0.340 e. The van der Waals surface area contributed by atoms with E-state index in [0.717, 1.165) is 18.2 Å². The van der Waals surface area contributed by atoms with Crippen LogP contribution in [0.3, 0.4) is 0 Å². The van der Waals surface area contributed by atoms with Crippen LogP contribution in [0.2, 0.25) is 0 Å². The van der Waals surface area contributed by atoms with Crippen LogP contribution in [0.15, 0.2) is 48.5 Å². The third-order valence-electron chi connectivity index (χ3n) is 3.47. The Hall–Kier alpha value is -0.880. The van der Waals surface area contributed by atoms with Crippen LogP contribution < -0.4 is 0 Å². The molecule has 0 amide bonds. The molecule has 0 aliphatic carbocycles. The van der Waals surface area contributed by atoms with Gasteiger partial charge in [-0.2, -0.15) is 17.6 Å². The van der Waals surface area contributed by atoms with E-state index in [2.05, 4.69) is 0 Å². The minimum absolute atomic E-state index is 0. The van der Waals surface area contributed by atoms with Crippen LogP contribution in [0, 0.1) is 13.8 Å². The van der Waals surface area contributed by atoms with Gasteiger partial charge in [-0.1, -0.05) is 48.5 Å². The van der Waals surface area contributed by atoms with E-state index >= 15 is 0 Å². The van der Waals surface area contributed by atoms with Gasteiger partial charge < -0.3 is 0 Å². The van der Waals surface area contributed by atoms with Crippen molar-refractivity contribution in [3.8, 4) is 0 Å². The highest BCUT2D eigenvalue weighted by Gasteiger charge is 2.58. The zero-order valence-electron chi connectivity index (χ0n) is 11.9. The number of rotatable bonds is 3. The number of alkyl halides is 4. The fraction of sp³-hybridized carbons (Fsp3) is 0.250. The molecule has 0 radical (unpaired) electrons. The summed E-state index contributed by atoms with van der Waals surface area (Å²) in [4.78, 5) is 0. The highest BCUT2D eigenvalue weighted by molar-refractivity contribution is 8.93. The predicted molar refractivity (Wildman–Crippen MR) is 90.8 cm³/mol. The van der Waals surface area contributed by atoms with Crippen molar-refractivity contribution in [2.75, 3.05) is 0 Å². The lowest BCUT2D eigenvalue weighted by molar-refractivity contribution is -0.224. The van der Waals surface area contributed by atoms with Crippen LogP contribution >= 0.6 is 34.0 Å². The first kappa shape index (κ1) is 21.1. The van der Waals surface area contributed by atoms with Crippen molar-refractivity contribution in [2.45, 2.75) is 25.7 Å². The first-order valence-corrected chi connectivity index (χ1v) is 6.16. The van der Waals surface area contributed by atoms with Gasteiger partial charge in [-0.15, -0.1) is 34.0 Å². The molecule has 0 nitrogen and oxygen atoms in total. The SMILES string of the molecule is Br.Br.Cc1cccc(C(F)(F)C(F)(F)c2ccccc2)c1C. The minimum Gasteiger partial charge on any atom is -0.194 e. The molecule has 122 valence electrons. The van der Waals surface area contributed by atoms with Gasteiger partial charge in [0.2, 0.25) is 0 Å². The van der Waals surface area contributed by atoms with Crippen LogP contribution in [0.1, 0.15) is 22.3 Å².